The summed E-state index contributed by atoms with van der Waals surface area (Å²) in [6.45, 7) is 2.50. The summed E-state index contributed by atoms with van der Waals surface area (Å²) in [6, 6.07) is 24.1. The molecule has 3 aromatic rings. The first-order chi connectivity index (χ1) is 17.2. The molecule has 0 atom stereocenters. The summed E-state index contributed by atoms with van der Waals surface area (Å²) in [4.78, 5) is 27.1. The minimum atomic E-state index is -0.192. The Morgan fingerprint density at radius 1 is 0.743 bits per heavy atom. The van der Waals surface area contributed by atoms with Crippen LogP contribution in [0.4, 0.5) is 11.4 Å². The van der Waals surface area contributed by atoms with Gasteiger partial charge in [0.25, 0.3) is 5.91 Å². The molecule has 0 spiro atoms. The van der Waals surface area contributed by atoms with E-state index in [2.05, 4.69) is 10.6 Å². The second-order valence-electron chi connectivity index (χ2n) is 8.37. The van der Waals surface area contributed by atoms with Crippen molar-refractivity contribution < 1.29 is 19.1 Å². The molecule has 1 aliphatic rings. The number of ether oxygens (including phenoxy) is 2. The van der Waals surface area contributed by atoms with E-state index in [0.29, 0.717) is 30.2 Å². The number of rotatable bonds is 10. The number of amides is 2. The van der Waals surface area contributed by atoms with Crippen LogP contribution in [0.15, 0.2) is 78.9 Å². The zero-order chi connectivity index (χ0) is 24.3. The van der Waals surface area contributed by atoms with Gasteiger partial charge in [-0.15, -0.1) is 0 Å². The molecule has 2 N–H and O–H groups in total. The number of piperidine rings is 1. The average molecular weight is 474 g/mol. The Balaban J connectivity index is 1.22. The van der Waals surface area contributed by atoms with Crippen LogP contribution in [0.1, 0.15) is 29.6 Å². The number of para-hydroxylation sites is 1. The standard InChI is InChI=1S/C28H31N3O4/c32-27(21-29-23-10-7-9-22(19-23)28(33)31-15-5-2-6-16-31)30-24-11-8-14-26(20-24)35-18-17-34-25-12-3-1-4-13-25/h1,3-4,7-14,19-20,29H,2,5-6,15-18,21H2,(H,30,32). The quantitative estimate of drug-likeness (QED) is 0.413. The highest BCUT2D eigenvalue weighted by Crippen LogP contribution is 2.19. The van der Waals surface area contributed by atoms with Gasteiger partial charge in [-0.05, 0) is 61.7 Å². The number of carbonyl (C=O) groups is 2. The lowest BCUT2D eigenvalue weighted by Crippen LogP contribution is -2.35. The Bertz CT molecular complexity index is 1110. The Morgan fingerprint density at radius 3 is 2.23 bits per heavy atom. The van der Waals surface area contributed by atoms with Gasteiger partial charge >= 0.3 is 0 Å². The normalized spacial score (nSPS) is 13.1. The summed E-state index contributed by atoms with van der Waals surface area (Å²) in [5, 5.41) is 5.97. The molecular formula is C28H31N3O4. The van der Waals surface area contributed by atoms with Gasteiger partial charge in [-0.3, -0.25) is 9.59 Å². The third kappa shape index (κ3) is 7.50. The first-order valence-corrected chi connectivity index (χ1v) is 12.0. The van der Waals surface area contributed by atoms with Crippen molar-refractivity contribution in [3.63, 3.8) is 0 Å². The summed E-state index contributed by atoms with van der Waals surface area (Å²) < 4.78 is 11.4. The maximum absolute atomic E-state index is 12.7. The van der Waals surface area contributed by atoms with E-state index in [0.717, 1.165) is 37.4 Å². The minimum absolute atomic E-state index is 0.0452. The van der Waals surface area contributed by atoms with Gasteiger partial charge in [0.1, 0.15) is 24.7 Å². The molecule has 0 saturated carbocycles. The molecule has 0 aromatic heterocycles. The maximum Gasteiger partial charge on any atom is 0.253 e. The fourth-order valence-electron chi connectivity index (χ4n) is 3.93. The number of hydrogen-bond acceptors (Lipinski definition) is 5. The van der Waals surface area contributed by atoms with Crippen LogP contribution in [-0.2, 0) is 4.79 Å². The van der Waals surface area contributed by atoms with Crippen LogP contribution in [0.2, 0.25) is 0 Å². The molecule has 3 aromatic carbocycles. The van der Waals surface area contributed by atoms with Crippen molar-refractivity contribution in [2.75, 3.05) is 43.5 Å². The predicted molar refractivity (Wildman–Crippen MR) is 137 cm³/mol. The summed E-state index contributed by atoms with van der Waals surface area (Å²) in [6.07, 6.45) is 3.29. The smallest absolute Gasteiger partial charge is 0.253 e. The highest BCUT2D eigenvalue weighted by atomic mass is 16.5. The summed E-state index contributed by atoms with van der Waals surface area (Å²) >= 11 is 0. The number of carbonyl (C=O) groups excluding carboxylic acids is 2. The molecule has 0 aliphatic carbocycles. The summed E-state index contributed by atoms with van der Waals surface area (Å²) in [5.74, 6) is 1.30. The molecule has 2 amide bonds. The van der Waals surface area contributed by atoms with Gasteiger partial charge in [0.05, 0.1) is 6.54 Å². The first-order valence-electron chi connectivity index (χ1n) is 12.0. The molecule has 1 aliphatic heterocycles. The molecule has 182 valence electrons. The molecule has 7 nitrogen and oxygen atoms in total. The molecule has 35 heavy (non-hydrogen) atoms. The molecule has 0 radical (unpaired) electrons. The van der Waals surface area contributed by atoms with Crippen molar-refractivity contribution in [3.05, 3.63) is 84.4 Å². The molecule has 4 rings (SSSR count). The van der Waals surface area contributed by atoms with E-state index < -0.39 is 0 Å². The van der Waals surface area contributed by atoms with Crippen LogP contribution in [0.25, 0.3) is 0 Å². The fourth-order valence-corrected chi connectivity index (χ4v) is 3.93. The van der Waals surface area contributed by atoms with Crippen LogP contribution < -0.4 is 20.1 Å². The van der Waals surface area contributed by atoms with Gasteiger partial charge in [0.15, 0.2) is 0 Å². The molecule has 1 saturated heterocycles. The van der Waals surface area contributed by atoms with Crippen LogP contribution in [0, 0.1) is 0 Å². The number of anilines is 2. The average Bonchev–Trinajstić information content (AvgIpc) is 2.91. The van der Waals surface area contributed by atoms with E-state index in [-0.39, 0.29) is 18.4 Å². The van der Waals surface area contributed by atoms with Crippen LogP contribution in [-0.4, -0.2) is 49.6 Å². The Hall–Kier alpha value is -4.00. The van der Waals surface area contributed by atoms with Crippen LogP contribution in [0.5, 0.6) is 11.5 Å². The highest BCUT2D eigenvalue weighted by Gasteiger charge is 2.18. The SMILES string of the molecule is O=C(CNc1cccc(C(=O)N2CCCCC2)c1)Nc1cccc(OCCOc2ccccc2)c1. The molecular weight excluding hydrogens is 442 g/mol. The van der Waals surface area contributed by atoms with Gasteiger partial charge in [-0.25, -0.2) is 0 Å². The van der Waals surface area contributed by atoms with Crippen LogP contribution in [0.3, 0.4) is 0 Å². The Morgan fingerprint density at radius 2 is 1.43 bits per heavy atom. The van der Waals surface area contributed by atoms with E-state index in [9.17, 15) is 9.59 Å². The fraction of sp³-hybridized carbons (Fsp3) is 0.286. The van der Waals surface area contributed by atoms with E-state index in [1.165, 1.54) is 6.42 Å². The summed E-state index contributed by atoms with van der Waals surface area (Å²) in [7, 11) is 0. The topological polar surface area (TPSA) is 79.9 Å². The number of likely N-dealkylation sites (tertiary alicyclic amines) is 1. The summed E-state index contributed by atoms with van der Waals surface area (Å²) in [5.41, 5.74) is 2.02. The number of nitrogens with zero attached hydrogens (tertiary/aromatic N) is 1. The third-order valence-electron chi connectivity index (χ3n) is 5.69. The number of hydrogen-bond donors (Lipinski definition) is 2. The largest absolute Gasteiger partial charge is 0.490 e. The molecule has 7 heteroatoms. The van der Waals surface area contributed by atoms with Gasteiger partial charge in [-0.1, -0.05) is 30.3 Å². The van der Waals surface area contributed by atoms with E-state index in [1.54, 1.807) is 12.1 Å². The molecule has 0 bridgehead atoms. The van der Waals surface area contributed by atoms with Crippen LogP contribution >= 0.6 is 0 Å². The molecule has 0 unspecified atom stereocenters. The number of nitrogens with one attached hydrogen (secondary N) is 2. The third-order valence-corrected chi connectivity index (χ3v) is 5.69. The monoisotopic (exact) mass is 473 g/mol. The highest BCUT2D eigenvalue weighted by molar-refractivity contribution is 5.96. The van der Waals surface area contributed by atoms with Gasteiger partial charge in [0.2, 0.25) is 5.91 Å². The zero-order valence-corrected chi connectivity index (χ0v) is 19.7. The van der Waals surface area contributed by atoms with Crippen molar-refractivity contribution in [3.8, 4) is 11.5 Å². The first kappa shape index (κ1) is 24.1. The van der Waals surface area contributed by atoms with Crippen molar-refractivity contribution in [1.29, 1.82) is 0 Å². The second-order valence-corrected chi connectivity index (χ2v) is 8.37. The second kappa shape index (κ2) is 12.5. The lowest BCUT2D eigenvalue weighted by molar-refractivity contribution is -0.114. The van der Waals surface area contributed by atoms with Crippen molar-refractivity contribution in [2.45, 2.75) is 19.3 Å². The molecule has 1 fully saturated rings. The Labute approximate surface area is 206 Å². The van der Waals surface area contributed by atoms with Crippen molar-refractivity contribution >= 4 is 23.2 Å². The van der Waals surface area contributed by atoms with E-state index in [1.807, 2.05) is 71.6 Å². The van der Waals surface area contributed by atoms with Crippen molar-refractivity contribution in [1.82, 2.24) is 4.90 Å². The van der Waals surface area contributed by atoms with Crippen molar-refractivity contribution in [2.24, 2.45) is 0 Å². The molecule has 1 heterocycles. The van der Waals surface area contributed by atoms with Gasteiger partial charge in [-0.2, -0.15) is 0 Å². The zero-order valence-electron chi connectivity index (χ0n) is 19.7. The van der Waals surface area contributed by atoms with E-state index in [4.69, 9.17) is 9.47 Å². The van der Waals surface area contributed by atoms with Gasteiger partial charge < -0.3 is 25.0 Å². The minimum Gasteiger partial charge on any atom is -0.490 e. The van der Waals surface area contributed by atoms with Gasteiger partial charge in [0, 0.05) is 36.1 Å². The Kier molecular flexibility index (Phi) is 8.59. The predicted octanol–water partition coefficient (Wildman–Crippen LogP) is 4.82. The lowest BCUT2D eigenvalue weighted by Gasteiger charge is -2.26. The van der Waals surface area contributed by atoms with E-state index >= 15 is 0 Å². The number of benzene rings is 3. The lowest BCUT2D eigenvalue weighted by atomic mass is 10.1. The maximum atomic E-state index is 12.7.